The van der Waals surface area contributed by atoms with Gasteiger partial charge in [0, 0.05) is 41.5 Å². The van der Waals surface area contributed by atoms with Crippen LogP contribution in [0.15, 0.2) is 60.0 Å². The summed E-state index contributed by atoms with van der Waals surface area (Å²) in [5.74, 6) is 4.70. The Morgan fingerprint density at radius 1 is 1.00 bits per heavy atom. The summed E-state index contributed by atoms with van der Waals surface area (Å²) < 4.78 is 43.8. The predicted octanol–water partition coefficient (Wildman–Crippen LogP) is 4.82. The van der Waals surface area contributed by atoms with Crippen LogP contribution < -0.4 is 4.72 Å². The fourth-order valence-electron chi connectivity index (χ4n) is 3.70. The Morgan fingerprint density at radius 3 is 2.53 bits per heavy atom. The Bertz CT molecular complexity index is 1560. The quantitative estimate of drug-likeness (QED) is 0.300. The number of anilines is 1. The number of aryl methyl sites for hydroxylation is 3. The van der Waals surface area contributed by atoms with Crippen LogP contribution in [0.2, 0.25) is 0 Å². The molecule has 6 nitrogen and oxygen atoms in total. The third-order valence-corrected chi connectivity index (χ3v) is 7.50. The van der Waals surface area contributed by atoms with E-state index in [4.69, 9.17) is 0 Å². The molecule has 0 fully saturated rings. The normalized spacial score (nSPS) is 11.5. The molecule has 184 valence electrons. The minimum atomic E-state index is -3.42. The van der Waals surface area contributed by atoms with E-state index in [2.05, 4.69) is 36.5 Å². The highest BCUT2D eigenvalue weighted by Gasteiger charge is 2.18. The SMILES string of the molecule is CCc1ncnc(-c2ccnc(C)c2)c1C#Cc1cnc(C)c(N[SH](C)(=O)c2ccc(F)cc2F)c1. The van der Waals surface area contributed by atoms with Gasteiger partial charge in [0.2, 0.25) is 0 Å². The molecular formula is C27H25F2N5OS. The van der Waals surface area contributed by atoms with E-state index in [1.54, 1.807) is 25.4 Å². The highest BCUT2D eigenvalue weighted by atomic mass is 32.3. The van der Waals surface area contributed by atoms with Crippen LogP contribution in [0, 0.1) is 37.3 Å². The number of hydrogen-bond acceptors (Lipinski definition) is 5. The zero-order valence-electron chi connectivity index (χ0n) is 20.3. The van der Waals surface area contributed by atoms with Gasteiger partial charge in [-0.3, -0.25) is 14.2 Å². The van der Waals surface area contributed by atoms with Crippen molar-refractivity contribution in [2.75, 3.05) is 11.0 Å². The van der Waals surface area contributed by atoms with Gasteiger partial charge in [-0.05, 0) is 60.7 Å². The summed E-state index contributed by atoms with van der Waals surface area (Å²) >= 11 is 0. The summed E-state index contributed by atoms with van der Waals surface area (Å²) in [5.41, 5.74) is 5.55. The molecule has 1 N–H and O–H groups in total. The van der Waals surface area contributed by atoms with E-state index >= 15 is 0 Å². The van der Waals surface area contributed by atoms with Crippen molar-refractivity contribution < 1.29 is 13.0 Å². The summed E-state index contributed by atoms with van der Waals surface area (Å²) in [6.45, 7) is 5.65. The summed E-state index contributed by atoms with van der Waals surface area (Å²) in [4.78, 5) is 17.4. The van der Waals surface area contributed by atoms with Crippen LogP contribution in [0.3, 0.4) is 0 Å². The second kappa shape index (κ2) is 10.3. The molecule has 0 spiro atoms. The molecule has 9 heteroatoms. The lowest BCUT2D eigenvalue weighted by Crippen LogP contribution is -2.23. The fourth-order valence-corrected chi connectivity index (χ4v) is 5.34. The number of benzene rings is 1. The lowest BCUT2D eigenvalue weighted by atomic mass is 10.0. The lowest BCUT2D eigenvalue weighted by Gasteiger charge is -2.23. The average Bonchev–Trinajstić information content (AvgIpc) is 2.84. The van der Waals surface area contributed by atoms with Gasteiger partial charge in [0.15, 0.2) is 0 Å². The minimum Gasteiger partial charge on any atom is -0.322 e. The number of rotatable bonds is 5. The van der Waals surface area contributed by atoms with E-state index in [9.17, 15) is 13.0 Å². The summed E-state index contributed by atoms with van der Waals surface area (Å²) in [5, 5.41) is 0. The third-order valence-electron chi connectivity index (χ3n) is 5.55. The monoisotopic (exact) mass is 505 g/mol. The zero-order valence-corrected chi connectivity index (χ0v) is 21.2. The molecule has 4 rings (SSSR count). The maximum atomic E-state index is 14.3. The van der Waals surface area contributed by atoms with Crippen LogP contribution in [0.1, 0.15) is 35.1 Å². The van der Waals surface area contributed by atoms with Gasteiger partial charge in [-0.15, -0.1) is 0 Å². The van der Waals surface area contributed by atoms with Gasteiger partial charge in [-0.2, -0.15) is 0 Å². The van der Waals surface area contributed by atoms with E-state index in [1.165, 1.54) is 18.6 Å². The van der Waals surface area contributed by atoms with Crippen LogP contribution in [-0.4, -0.2) is 30.4 Å². The second-order valence-electron chi connectivity index (χ2n) is 8.32. The Hall–Kier alpha value is -4.03. The Kier molecular flexibility index (Phi) is 7.17. The van der Waals surface area contributed by atoms with Gasteiger partial charge < -0.3 is 4.72 Å². The highest BCUT2D eigenvalue weighted by molar-refractivity contribution is 8.03. The van der Waals surface area contributed by atoms with Gasteiger partial charge in [0.1, 0.15) is 18.0 Å². The molecule has 0 amide bonds. The lowest BCUT2D eigenvalue weighted by molar-refractivity contribution is 0.561. The molecule has 1 aromatic carbocycles. The van der Waals surface area contributed by atoms with Gasteiger partial charge in [-0.1, -0.05) is 18.8 Å². The molecule has 0 radical (unpaired) electrons. The molecule has 0 unspecified atom stereocenters. The van der Waals surface area contributed by atoms with Crippen molar-refractivity contribution in [1.82, 2.24) is 19.9 Å². The topological polar surface area (TPSA) is 80.7 Å². The maximum absolute atomic E-state index is 14.3. The minimum absolute atomic E-state index is 0.0916. The van der Waals surface area contributed by atoms with Crippen molar-refractivity contribution in [1.29, 1.82) is 0 Å². The highest BCUT2D eigenvalue weighted by Crippen LogP contribution is 2.26. The molecule has 0 saturated heterocycles. The van der Waals surface area contributed by atoms with Gasteiger partial charge >= 0.3 is 0 Å². The smallest absolute Gasteiger partial charge is 0.141 e. The standard InChI is InChI=1S/C27H25F2N5OS/c1-5-24-22(27(33-16-32-24)20-10-11-30-17(2)12-20)8-6-19-13-25(18(3)31-15-19)34-36(4,35)26-9-7-21(28)14-23(26)29/h7,9-16,36H,5H2,1-4H3,(H,34,35). The number of nitrogens with one attached hydrogen (secondary N) is 1. The summed E-state index contributed by atoms with van der Waals surface area (Å²) in [6, 6.07) is 8.51. The predicted molar refractivity (Wildman–Crippen MR) is 138 cm³/mol. The van der Waals surface area contributed by atoms with Gasteiger partial charge in [-0.25, -0.2) is 18.7 Å². The van der Waals surface area contributed by atoms with Gasteiger partial charge in [0.25, 0.3) is 0 Å². The first-order valence-corrected chi connectivity index (χ1v) is 13.4. The second-order valence-corrected chi connectivity index (χ2v) is 10.9. The third kappa shape index (κ3) is 5.44. The largest absolute Gasteiger partial charge is 0.322 e. The molecule has 0 saturated carbocycles. The number of thiol groups is 1. The molecule has 3 aromatic heterocycles. The number of halogens is 2. The van der Waals surface area contributed by atoms with E-state index < -0.39 is 21.8 Å². The van der Waals surface area contributed by atoms with Crippen LogP contribution >= 0.6 is 0 Å². The first-order valence-electron chi connectivity index (χ1n) is 11.2. The molecule has 0 atom stereocenters. The number of aromatic nitrogens is 4. The first kappa shape index (κ1) is 25.1. The van der Waals surface area contributed by atoms with E-state index in [0.29, 0.717) is 34.6 Å². The van der Waals surface area contributed by atoms with Crippen LogP contribution in [-0.2, 0) is 16.5 Å². The van der Waals surface area contributed by atoms with E-state index in [1.807, 2.05) is 26.0 Å². The molecule has 36 heavy (non-hydrogen) atoms. The van der Waals surface area contributed by atoms with Gasteiger partial charge in [0.05, 0.1) is 33.2 Å². The number of hydrogen-bond donors (Lipinski definition) is 2. The van der Waals surface area contributed by atoms with E-state index in [-0.39, 0.29) is 4.90 Å². The van der Waals surface area contributed by atoms with Crippen LogP contribution in [0.25, 0.3) is 11.3 Å². The molecule has 0 aliphatic heterocycles. The van der Waals surface area contributed by atoms with Crippen molar-refractivity contribution in [2.24, 2.45) is 0 Å². The zero-order chi connectivity index (χ0) is 25.9. The summed E-state index contributed by atoms with van der Waals surface area (Å²) in [7, 11) is -3.42. The summed E-state index contributed by atoms with van der Waals surface area (Å²) in [6.07, 6.45) is 6.92. The van der Waals surface area contributed by atoms with Crippen molar-refractivity contribution in [3.05, 3.63) is 95.0 Å². The molecule has 0 aliphatic carbocycles. The number of pyridine rings is 2. The van der Waals surface area contributed by atoms with Crippen LogP contribution in [0.5, 0.6) is 0 Å². The molecule has 3 heterocycles. The molecular weight excluding hydrogens is 480 g/mol. The Balaban J connectivity index is 1.72. The molecule has 0 aliphatic rings. The Morgan fingerprint density at radius 2 is 1.81 bits per heavy atom. The van der Waals surface area contributed by atoms with Crippen LogP contribution in [0.4, 0.5) is 14.5 Å². The fraction of sp³-hybridized carbons (Fsp3) is 0.185. The maximum Gasteiger partial charge on any atom is 0.141 e. The van der Waals surface area contributed by atoms with Crippen molar-refractivity contribution in [3.63, 3.8) is 0 Å². The Labute approximate surface area is 209 Å². The number of nitrogens with zero attached hydrogens (tertiary/aromatic N) is 4. The van der Waals surface area contributed by atoms with E-state index in [0.717, 1.165) is 29.1 Å². The molecule has 0 bridgehead atoms. The van der Waals surface area contributed by atoms with Crippen molar-refractivity contribution in [2.45, 2.75) is 32.1 Å². The molecule has 4 aromatic rings. The van der Waals surface area contributed by atoms with Crippen molar-refractivity contribution in [3.8, 4) is 23.1 Å². The average molecular weight is 506 g/mol. The first-order chi connectivity index (χ1) is 17.2. The van der Waals surface area contributed by atoms with Crippen molar-refractivity contribution >= 4 is 15.8 Å².